The summed E-state index contributed by atoms with van der Waals surface area (Å²) in [5.74, 6) is 1.92. The Morgan fingerprint density at radius 3 is 1.15 bits per heavy atom. The van der Waals surface area contributed by atoms with Gasteiger partial charge in [-0.2, -0.15) is 13.2 Å². The van der Waals surface area contributed by atoms with Crippen molar-refractivity contribution in [3.63, 3.8) is 0 Å². The maximum absolute atomic E-state index is 13.7. The molecule has 4 N–H and O–H groups in total. The van der Waals surface area contributed by atoms with E-state index in [9.17, 15) is 13.2 Å². The molecule has 0 fully saturated rings. The second-order valence-corrected chi connectivity index (χ2v) is 6.21. The molecule has 0 atom stereocenters. The third-order valence-corrected chi connectivity index (χ3v) is 4.55. The second kappa shape index (κ2) is 6.73. The third-order valence-electron chi connectivity index (χ3n) is 4.55. The zero-order valence-corrected chi connectivity index (χ0v) is 14.3. The molecule has 2 aromatic rings. The molecule has 0 aromatic heterocycles. The lowest BCUT2D eigenvalue weighted by Gasteiger charge is -2.32. The van der Waals surface area contributed by atoms with Gasteiger partial charge < -0.3 is 11.5 Å². The number of terminal acetylenes is 1. The van der Waals surface area contributed by atoms with Crippen molar-refractivity contribution in [2.45, 2.75) is 11.6 Å². The summed E-state index contributed by atoms with van der Waals surface area (Å²) in [5, 5.41) is 0. The zero-order chi connectivity index (χ0) is 19.7. The number of fused-ring (bicyclic) bond motifs is 1. The van der Waals surface area contributed by atoms with Gasteiger partial charge in [0.05, 0.1) is 0 Å². The molecule has 0 spiro atoms. The number of anilines is 2. The van der Waals surface area contributed by atoms with E-state index in [0.717, 1.165) is 0 Å². The number of benzene rings is 3. The number of hydrogen-bond donors (Lipinski definition) is 2. The fourth-order valence-electron chi connectivity index (χ4n) is 2.87. The molecule has 2 nitrogen and oxygen atoms in total. The first-order valence-electron chi connectivity index (χ1n) is 8.15. The molecule has 0 amide bonds. The Hall–Kier alpha value is -3.39. The molecule has 0 bridgehead atoms. The Kier molecular flexibility index (Phi) is 4.59. The van der Waals surface area contributed by atoms with Gasteiger partial charge in [-0.1, -0.05) is 54.5 Å². The normalized spacial score (nSPS) is 11.8. The molecule has 0 radical (unpaired) electrons. The number of nitrogens with two attached hydrogens (primary N) is 2. The lowest BCUT2D eigenvalue weighted by molar-refractivity contribution is -0.161. The second-order valence-electron chi connectivity index (χ2n) is 6.21. The maximum atomic E-state index is 13.7. The molecule has 5 heteroatoms. The van der Waals surface area contributed by atoms with Crippen LogP contribution >= 0.6 is 0 Å². The van der Waals surface area contributed by atoms with Gasteiger partial charge in [0.25, 0.3) is 0 Å². The average Bonchev–Trinajstić information content (AvgIpc) is 2.61. The van der Waals surface area contributed by atoms with Crippen molar-refractivity contribution in [1.29, 1.82) is 0 Å². The molecule has 0 saturated heterocycles. The Morgan fingerprint density at radius 2 is 0.963 bits per heavy atom. The first kappa shape index (κ1) is 18.4. The van der Waals surface area contributed by atoms with Gasteiger partial charge >= 0.3 is 6.18 Å². The quantitative estimate of drug-likeness (QED) is 0.387. The zero-order valence-electron chi connectivity index (χ0n) is 14.3. The lowest BCUT2D eigenvalue weighted by Crippen LogP contribution is -2.42. The van der Waals surface area contributed by atoms with Gasteiger partial charge in [0.1, 0.15) is 0 Å². The average molecular weight is 366 g/mol. The molecule has 136 valence electrons. The topological polar surface area (TPSA) is 52.0 Å². The summed E-state index contributed by atoms with van der Waals surface area (Å²) >= 11 is 0. The van der Waals surface area contributed by atoms with Crippen LogP contribution in [0.15, 0.2) is 72.8 Å². The Bertz CT molecular complexity index is 898. The van der Waals surface area contributed by atoms with Crippen LogP contribution in [0.5, 0.6) is 0 Å². The van der Waals surface area contributed by atoms with Crippen LogP contribution in [-0.2, 0) is 5.41 Å². The number of rotatable bonds is 2. The highest BCUT2D eigenvalue weighted by atomic mass is 19.4. The maximum Gasteiger partial charge on any atom is 0.413 e. The summed E-state index contributed by atoms with van der Waals surface area (Å²) < 4.78 is 41.2. The minimum atomic E-state index is -4.66. The molecule has 0 aliphatic heterocycles. The molecule has 0 unspecified atom stereocenters. The van der Waals surface area contributed by atoms with Crippen LogP contribution in [0.2, 0.25) is 0 Å². The largest absolute Gasteiger partial charge is 0.413 e. The van der Waals surface area contributed by atoms with Gasteiger partial charge in [-0.25, -0.2) is 0 Å². The van der Waals surface area contributed by atoms with Gasteiger partial charge in [-0.15, -0.1) is 6.42 Å². The van der Waals surface area contributed by atoms with Crippen LogP contribution in [0.1, 0.15) is 11.1 Å². The molecule has 0 saturated carbocycles. The van der Waals surface area contributed by atoms with Gasteiger partial charge in [-0.05, 0) is 46.5 Å². The Labute approximate surface area is 155 Å². The van der Waals surface area contributed by atoms with Crippen LogP contribution < -0.4 is 11.5 Å². The van der Waals surface area contributed by atoms with Crippen molar-refractivity contribution in [1.82, 2.24) is 0 Å². The van der Waals surface area contributed by atoms with Crippen LogP contribution in [0, 0.1) is 12.3 Å². The van der Waals surface area contributed by atoms with E-state index in [-0.39, 0.29) is 11.1 Å². The highest BCUT2D eigenvalue weighted by Crippen LogP contribution is 2.46. The summed E-state index contributed by atoms with van der Waals surface area (Å²) in [5.41, 5.74) is 12.0. The number of halogens is 3. The van der Waals surface area contributed by atoms with E-state index in [2.05, 4.69) is 24.3 Å². The van der Waals surface area contributed by atoms with Crippen molar-refractivity contribution < 1.29 is 13.2 Å². The summed E-state index contributed by atoms with van der Waals surface area (Å²) in [6.45, 7) is 0. The summed E-state index contributed by atoms with van der Waals surface area (Å²) in [7, 11) is 0. The molecule has 27 heavy (non-hydrogen) atoms. The summed E-state index contributed by atoms with van der Waals surface area (Å²) in [6, 6.07) is 19.2. The van der Waals surface area contributed by atoms with E-state index in [1.165, 1.54) is 59.7 Å². The smallest absolute Gasteiger partial charge is 0.399 e. The number of hydrogen-bond acceptors (Lipinski definition) is 2. The molecular formula is C22H17F3N2. The lowest BCUT2D eigenvalue weighted by atomic mass is 9.74. The monoisotopic (exact) mass is 366 g/mol. The Balaban J connectivity index is 0.000000290. The van der Waals surface area contributed by atoms with Gasteiger partial charge in [0.15, 0.2) is 5.41 Å². The minimum absolute atomic E-state index is 0.0588. The van der Waals surface area contributed by atoms with Gasteiger partial charge in [0, 0.05) is 11.4 Å². The fourth-order valence-corrected chi connectivity index (χ4v) is 2.87. The standard InChI is InChI=1S/C16H13F3N2.C6H4/c1-2-15(16(17,18)19,11-3-7-13(20)8-4-11)12-5-9-14(21)10-6-12;1-2-6-4-3-5(1)6/h1,3-10H,20-21H2;1-4H. The molecular weight excluding hydrogens is 349 g/mol. The molecule has 4 rings (SSSR count). The van der Waals surface area contributed by atoms with Crippen molar-refractivity contribution in [2.24, 2.45) is 0 Å². The molecule has 2 aromatic carbocycles. The number of nitrogen functional groups attached to an aromatic ring is 2. The summed E-state index contributed by atoms with van der Waals surface area (Å²) in [6.07, 6.45) is 0.643. The highest BCUT2D eigenvalue weighted by molar-refractivity contribution is 5.75. The minimum Gasteiger partial charge on any atom is -0.399 e. The first-order valence-corrected chi connectivity index (χ1v) is 8.15. The first-order chi connectivity index (χ1) is 12.8. The van der Waals surface area contributed by atoms with Crippen molar-refractivity contribution >= 4 is 11.4 Å². The molecule has 0 heterocycles. The van der Waals surface area contributed by atoms with E-state index >= 15 is 0 Å². The van der Waals surface area contributed by atoms with E-state index in [0.29, 0.717) is 11.4 Å². The van der Waals surface area contributed by atoms with Crippen molar-refractivity contribution in [3.8, 4) is 23.5 Å². The SMILES string of the molecule is C#CC(c1ccc(N)cc1)(c1ccc(N)cc1)C(F)(F)F.c1cc2ccc1-2. The molecule has 2 aliphatic rings. The van der Waals surface area contributed by atoms with Gasteiger partial charge in [-0.3, -0.25) is 0 Å². The van der Waals surface area contributed by atoms with Gasteiger partial charge in [0.2, 0.25) is 0 Å². The van der Waals surface area contributed by atoms with Crippen LogP contribution in [0.3, 0.4) is 0 Å². The predicted octanol–water partition coefficient (Wildman–Crippen LogP) is 5.00. The Morgan fingerprint density at radius 1 is 0.630 bits per heavy atom. The van der Waals surface area contributed by atoms with E-state index in [4.69, 9.17) is 17.9 Å². The van der Waals surface area contributed by atoms with Crippen LogP contribution in [-0.4, -0.2) is 6.18 Å². The predicted molar refractivity (Wildman–Crippen MR) is 103 cm³/mol. The van der Waals surface area contributed by atoms with Crippen molar-refractivity contribution in [2.75, 3.05) is 11.5 Å². The fraction of sp³-hybridized carbons (Fsp3) is 0.0909. The highest BCUT2D eigenvalue weighted by Gasteiger charge is 2.56. The van der Waals surface area contributed by atoms with Crippen LogP contribution in [0.4, 0.5) is 24.5 Å². The molecule has 2 aliphatic carbocycles. The van der Waals surface area contributed by atoms with E-state index in [1.807, 2.05) is 5.92 Å². The van der Waals surface area contributed by atoms with E-state index in [1.54, 1.807) is 0 Å². The number of alkyl halides is 3. The van der Waals surface area contributed by atoms with Crippen molar-refractivity contribution in [3.05, 3.63) is 83.9 Å². The van der Waals surface area contributed by atoms with Crippen LogP contribution in [0.25, 0.3) is 11.1 Å². The van der Waals surface area contributed by atoms with E-state index < -0.39 is 11.6 Å². The summed E-state index contributed by atoms with van der Waals surface area (Å²) in [4.78, 5) is 0. The third kappa shape index (κ3) is 3.22.